The SMILES string of the molecule is CCOc1ccc(/C(O)=C2/C(=O)C(=O)N(CCN(C)C)C2c2ccc(OC)c(OC)c2)cc1Cl. The number of aliphatic hydroxyl groups is 1. The molecule has 0 spiro atoms. The number of benzene rings is 2. The van der Waals surface area contributed by atoms with E-state index in [4.69, 9.17) is 25.8 Å². The van der Waals surface area contributed by atoms with Crippen molar-refractivity contribution in [3.8, 4) is 17.2 Å². The van der Waals surface area contributed by atoms with E-state index in [0.29, 0.717) is 41.5 Å². The van der Waals surface area contributed by atoms with E-state index in [2.05, 4.69) is 0 Å². The number of hydrogen-bond donors (Lipinski definition) is 1. The summed E-state index contributed by atoms with van der Waals surface area (Å²) in [6.45, 7) is 3.09. The minimum Gasteiger partial charge on any atom is -0.507 e. The molecule has 1 atom stereocenters. The maximum Gasteiger partial charge on any atom is 0.295 e. The van der Waals surface area contributed by atoms with Gasteiger partial charge in [0.25, 0.3) is 11.7 Å². The van der Waals surface area contributed by atoms with Crippen molar-refractivity contribution in [1.82, 2.24) is 9.80 Å². The van der Waals surface area contributed by atoms with Gasteiger partial charge in [-0.2, -0.15) is 0 Å². The van der Waals surface area contributed by atoms with Crippen molar-refractivity contribution in [2.75, 3.05) is 48.0 Å². The fraction of sp³-hybridized carbons (Fsp3) is 0.360. The fourth-order valence-electron chi connectivity index (χ4n) is 3.86. The first-order chi connectivity index (χ1) is 16.2. The fourth-order valence-corrected chi connectivity index (χ4v) is 4.10. The van der Waals surface area contributed by atoms with Crippen molar-refractivity contribution >= 4 is 29.1 Å². The Morgan fingerprint density at radius 2 is 1.74 bits per heavy atom. The van der Waals surface area contributed by atoms with E-state index in [1.807, 2.05) is 25.9 Å². The first-order valence-corrected chi connectivity index (χ1v) is 11.2. The van der Waals surface area contributed by atoms with Crippen molar-refractivity contribution in [1.29, 1.82) is 0 Å². The number of aliphatic hydroxyl groups excluding tert-OH is 1. The Kier molecular flexibility index (Phi) is 8.06. The zero-order chi connectivity index (χ0) is 25.0. The minimum atomic E-state index is -0.815. The first kappa shape index (κ1) is 25.4. The summed E-state index contributed by atoms with van der Waals surface area (Å²) in [4.78, 5) is 29.6. The molecule has 34 heavy (non-hydrogen) atoms. The van der Waals surface area contributed by atoms with Crippen LogP contribution in [0.2, 0.25) is 5.02 Å². The summed E-state index contributed by atoms with van der Waals surface area (Å²) < 4.78 is 16.2. The standard InChI is InChI=1S/C25H29ClN2O6/c1-6-34-18-9-8-16(13-17(18)26)23(29)21-22(15-7-10-19(32-4)20(14-15)33-5)28(12-11-27(2)3)25(31)24(21)30/h7-10,13-14,22,29H,6,11-12H2,1-5H3/b23-21-. The van der Waals surface area contributed by atoms with E-state index >= 15 is 0 Å². The van der Waals surface area contributed by atoms with Gasteiger partial charge < -0.3 is 29.1 Å². The molecular weight excluding hydrogens is 460 g/mol. The summed E-state index contributed by atoms with van der Waals surface area (Å²) >= 11 is 6.31. The van der Waals surface area contributed by atoms with Crippen LogP contribution in [0.1, 0.15) is 24.1 Å². The van der Waals surface area contributed by atoms with Crippen LogP contribution in [-0.4, -0.2) is 74.6 Å². The summed E-state index contributed by atoms with van der Waals surface area (Å²) in [6.07, 6.45) is 0. The van der Waals surface area contributed by atoms with Crippen molar-refractivity contribution in [2.45, 2.75) is 13.0 Å². The highest BCUT2D eigenvalue weighted by molar-refractivity contribution is 6.46. The van der Waals surface area contributed by atoms with Crippen LogP contribution in [-0.2, 0) is 9.59 Å². The van der Waals surface area contributed by atoms with Crippen molar-refractivity contribution in [2.24, 2.45) is 0 Å². The second-order valence-electron chi connectivity index (χ2n) is 7.99. The topological polar surface area (TPSA) is 88.5 Å². The molecule has 0 bridgehead atoms. The molecule has 0 aromatic heterocycles. The number of Topliss-reactive ketones (excluding diaryl/α,β-unsaturated/α-hetero) is 1. The van der Waals surface area contributed by atoms with Crippen molar-refractivity contribution < 1.29 is 28.9 Å². The molecule has 0 saturated carbocycles. The van der Waals surface area contributed by atoms with Crippen LogP contribution >= 0.6 is 11.6 Å². The lowest BCUT2D eigenvalue weighted by molar-refractivity contribution is -0.140. The number of ketones is 1. The van der Waals surface area contributed by atoms with E-state index in [9.17, 15) is 14.7 Å². The van der Waals surface area contributed by atoms with Crippen LogP contribution in [0, 0.1) is 0 Å². The highest BCUT2D eigenvalue weighted by Gasteiger charge is 2.46. The van der Waals surface area contributed by atoms with E-state index in [1.165, 1.54) is 25.2 Å². The quantitative estimate of drug-likeness (QED) is 0.327. The molecule has 1 saturated heterocycles. The third-order valence-electron chi connectivity index (χ3n) is 5.56. The van der Waals surface area contributed by atoms with Gasteiger partial charge >= 0.3 is 0 Å². The third kappa shape index (κ3) is 4.98. The van der Waals surface area contributed by atoms with Crippen LogP contribution < -0.4 is 14.2 Å². The molecule has 1 fully saturated rings. The third-order valence-corrected chi connectivity index (χ3v) is 5.85. The van der Waals surface area contributed by atoms with Crippen LogP contribution in [0.4, 0.5) is 0 Å². The number of carbonyl (C=O) groups is 2. The number of ether oxygens (including phenoxy) is 3. The maximum absolute atomic E-state index is 13.2. The smallest absolute Gasteiger partial charge is 0.295 e. The molecule has 8 nitrogen and oxygen atoms in total. The van der Waals surface area contributed by atoms with Crippen LogP contribution in [0.5, 0.6) is 17.2 Å². The lowest BCUT2D eigenvalue weighted by Gasteiger charge is -2.27. The number of rotatable bonds is 9. The van der Waals surface area contributed by atoms with Gasteiger partial charge in [-0.15, -0.1) is 0 Å². The Bertz CT molecular complexity index is 1110. The molecule has 1 amide bonds. The zero-order valence-electron chi connectivity index (χ0n) is 19.9. The number of halogens is 1. The van der Waals surface area contributed by atoms with Gasteiger partial charge in [-0.1, -0.05) is 17.7 Å². The number of amides is 1. The van der Waals surface area contributed by atoms with Gasteiger partial charge in [0.1, 0.15) is 11.5 Å². The van der Waals surface area contributed by atoms with Gasteiger partial charge in [-0.3, -0.25) is 9.59 Å². The Morgan fingerprint density at radius 3 is 2.32 bits per heavy atom. The van der Waals surface area contributed by atoms with Gasteiger partial charge in [-0.05, 0) is 56.9 Å². The number of likely N-dealkylation sites (N-methyl/N-ethyl adjacent to an activating group) is 1. The normalized spacial score (nSPS) is 17.4. The molecule has 1 N–H and O–H groups in total. The highest BCUT2D eigenvalue weighted by atomic mass is 35.5. The van der Waals surface area contributed by atoms with Gasteiger partial charge in [-0.25, -0.2) is 0 Å². The Labute approximate surface area is 204 Å². The Morgan fingerprint density at radius 1 is 1.06 bits per heavy atom. The summed E-state index contributed by atoms with van der Waals surface area (Å²) in [5.41, 5.74) is 0.898. The van der Waals surface area contributed by atoms with Gasteiger partial charge in [0.15, 0.2) is 11.5 Å². The average Bonchev–Trinajstić information content (AvgIpc) is 3.07. The first-order valence-electron chi connectivity index (χ1n) is 10.8. The predicted octanol–water partition coefficient (Wildman–Crippen LogP) is 3.74. The largest absolute Gasteiger partial charge is 0.507 e. The summed E-state index contributed by atoms with van der Waals surface area (Å²) in [5.74, 6) is -0.336. The second kappa shape index (κ2) is 10.8. The molecule has 182 valence electrons. The molecule has 0 aliphatic carbocycles. The van der Waals surface area contributed by atoms with Crippen molar-refractivity contribution in [3.63, 3.8) is 0 Å². The Hall–Kier alpha value is -3.23. The number of nitrogens with zero attached hydrogens (tertiary/aromatic N) is 2. The molecule has 1 heterocycles. The van der Waals surface area contributed by atoms with Crippen LogP contribution in [0.3, 0.4) is 0 Å². The maximum atomic E-state index is 13.2. The van der Waals surface area contributed by atoms with Crippen molar-refractivity contribution in [3.05, 3.63) is 58.1 Å². The Balaban J connectivity index is 2.17. The molecule has 2 aromatic carbocycles. The molecule has 1 aliphatic heterocycles. The number of hydrogen-bond acceptors (Lipinski definition) is 7. The number of likely N-dealkylation sites (tertiary alicyclic amines) is 1. The lowest BCUT2D eigenvalue weighted by atomic mass is 9.95. The molecular formula is C25H29ClN2O6. The predicted molar refractivity (Wildman–Crippen MR) is 130 cm³/mol. The zero-order valence-corrected chi connectivity index (χ0v) is 20.7. The average molecular weight is 489 g/mol. The molecule has 0 radical (unpaired) electrons. The second-order valence-corrected chi connectivity index (χ2v) is 8.40. The van der Waals surface area contributed by atoms with Crippen LogP contribution in [0.15, 0.2) is 42.0 Å². The summed E-state index contributed by atoms with van der Waals surface area (Å²) in [5, 5.41) is 11.5. The number of methoxy groups -OCH3 is 2. The summed E-state index contributed by atoms with van der Waals surface area (Å²) in [7, 11) is 6.79. The van der Waals surface area contributed by atoms with Crippen LogP contribution in [0.25, 0.3) is 5.76 Å². The number of carbonyl (C=O) groups excluding carboxylic acids is 2. The lowest BCUT2D eigenvalue weighted by Crippen LogP contribution is -2.35. The summed E-state index contributed by atoms with van der Waals surface area (Å²) in [6, 6.07) is 9.08. The molecule has 1 unspecified atom stereocenters. The molecule has 3 rings (SSSR count). The minimum absolute atomic E-state index is 0.0174. The molecule has 9 heteroatoms. The molecule has 1 aliphatic rings. The van der Waals surface area contributed by atoms with Gasteiger partial charge in [0.05, 0.1) is 37.5 Å². The highest BCUT2D eigenvalue weighted by Crippen LogP contribution is 2.42. The molecule has 2 aromatic rings. The van der Waals surface area contributed by atoms with E-state index < -0.39 is 17.7 Å². The van der Waals surface area contributed by atoms with Gasteiger partial charge in [0.2, 0.25) is 0 Å². The van der Waals surface area contributed by atoms with E-state index in [-0.39, 0.29) is 22.9 Å². The van der Waals surface area contributed by atoms with Gasteiger partial charge in [0, 0.05) is 18.7 Å². The van der Waals surface area contributed by atoms with E-state index in [0.717, 1.165) is 0 Å². The van der Waals surface area contributed by atoms with E-state index in [1.54, 1.807) is 30.3 Å². The monoisotopic (exact) mass is 488 g/mol.